The van der Waals surface area contributed by atoms with Crippen LogP contribution in [0.4, 0.5) is 0 Å². The summed E-state index contributed by atoms with van der Waals surface area (Å²) in [7, 11) is 0. The summed E-state index contributed by atoms with van der Waals surface area (Å²) in [5.41, 5.74) is 0. The van der Waals surface area contributed by atoms with Crippen LogP contribution in [-0.2, 0) is 0 Å². The van der Waals surface area contributed by atoms with E-state index < -0.39 is 0 Å². The molecule has 0 aromatic carbocycles. The van der Waals surface area contributed by atoms with E-state index >= 15 is 0 Å². The maximum Gasteiger partial charge on any atom is 0.0558 e. The quantitative estimate of drug-likeness (QED) is 0.437. The molecule has 0 bridgehead atoms. The van der Waals surface area contributed by atoms with Crippen LogP contribution in [-0.4, -0.2) is 12.3 Å². The highest BCUT2D eigenvalue weighted by Crippen LogP contribution is 2.48. The zero-order valence-electron chi connectivity index (χ0n) is 10.9. The van der Waals surface area contributed by atoms with E-state index in [-0.39, 0.29) is 0 Å². The summed E-state index contributed by atoms with van der Waals surface area (Å²) >= 11 is 0. The van der Waals surface area contributed by atoms with Crippen molar-refractivity contribution in [2.45, 2.75) is 65.8 Å². The third-order valence-electron chi connectivity index (χ3n) is 3.76. The van der Waals surface area contributed by atoms with Gasteiger partial charge in [-0.25, -0.2) is 0 Å². The van der Waals surface area contributed by atoms with Crippen LogP contribution in [0, 0.1) is 17.8 Å². The molecule has 1 rings (SSSR count). The lowest BCUT2D eigenvalue weighted by Gasteiger charge is -2.07. The number of hydrogen-bond donors (Lipinski definition) is 0. The summed E-state index contributed by atoms with van der Waals surface area (Å²) < 4.78 is 0. The third kappa shape index (κ3) is 3.62. The van der Waals surface area contributed by atoms with Gasteiger partial charge in [0, 0.05) is 0 Å². The Labute approximate surface area is 95.4 Å². The molecular weight excluding hydrogens is 182 g/mol. The molecule has 0 amide bonds. The van der Waals surface area contributed by atoms with Gasteiger partial charge in [0.2, 0.25) is 0 Å². The van der Waals surface area contributed by atoms with E-state index in [9.17, 15) is 0 Å². The Morgan fingerprint density at radius 2 is 2.00 bits per heavy atom. The first kappa shape index (κ1) is 12.7. The van der Waals surface area contributed by atoms with Crippen LogP contribution in [0.25, 0.3) is 0 Å². The highest BCUT2D eigenvalue weighted by Gasteiger charge is 2.48. The van der Waals surface area contributed by atoms with Gasteiger partial charge >= 0.3 is 0 Å². The molecule has 1 saturated carbocycles. The Morgan fingerprint density at radius 1 is 1.27 bits per heavy atom. The standard InChI is InChI=1S/C14H27N/c1-5-7-8-10-15-14-12(4)13(14)11(3)9-6-2/h10-14H,5-9H2,1-4H3/t11-,12-,13?,14?/m0/s1. The van der Waals surface area contributed by atoms with E-state index in [0.717, 1.165) is 17.8 Å². The summed E-state index contributed by atoms with van der Waals surface area (Å²) in [6.07, 6.45) is 8.60. The summed E-state index contributed by atoms with van der Waals surface area (Å²) in [5, 5.41) is 0. The molecule has 1 heteroatoms. The molecule has 0 heterocycles. The van der Waals surface area contributed by atoms with Crippen LogP contribution in [0.15, 0.2) is 4.99 Å². The first-order valence-electron chi connectivity index (χ1n) is 6.74. The van der Waals surface area contributed by atoms with Crippen molar-refractivity contribution >= 4 is 6.21 Å². The molecule has 0 radical (unpaired) electrons. The van der Waals surface area contributed by atoms with Gasteiger partial charge in [0.25, 0.3) is 0 Å². The molecule has 1 aliphatic carbocycles. The second-order valence-electron chi connectivity index (χ2n) is 5.17. The van der Waals surface area contributed by atoms with Gasteiger partial charge in [-0.2, -0.15) is 0 Å². The first-order valence-corrected chi connectivity index (χ1v) is 6.74. The van der Waals surface area contributed by atoms with Crippen molar-refractivity contribution in [2.24, 2.45) is 22.7 Å². The average molecular weight is 209 g/mol. The highest BCUT2D eigenvalue weighted by atomic mass is 14.9. The minimum atomic E-state index is 0.656. The monoisotopic (exact) mass is 209 g/mol. The van der Waals surface area contributed by atoms with Crippen molar-refractivity contribution in [1.82, 2.24) is 0 Å². The van der Waals surface area contributed by atoms with Crippen molar-refractivity contribution in [3.63, 3.8) is 0 Å². The Kier molecular flexibility index (Phi) is 5.35. The van der Waals surface area contributed by atoms with Crippen LogP contribution in [0.2, 0.25) is 0 Å². The van der Waals surface area contributed by atoms with Gasteiger partial charge in [0.05, 0.1) is 6.04 Å². The number of nitrogens with zero attached hydrogens (tertiary/aromatic N) is 1. The van der Waals surface area contributed by atoms with E-state index in [1.807, 2.05) is 0 Å². The first-order chi connectivity index (χ1) is 7.22. The summed E-state index contributed by atoms with van der Waals surface area (Å²) in [6.45, 7) is 9.27. The lowest BCUT2D eigenvalue weighted by Crippen LogP contribution is -2.00. The molecule has 1 nitrogen and oxygen atoms in total. The topological polar surface area (TPSA) is 12.4 Å². The molecule has 1 fully saturated rings. The van der Waals surface area contributed by atoms with E-state index in [4.69, 9.17) is 4.99 Å². The lowest BCUT2D eigenvalue weighted by atomic mass is 9.99. The molecule has 2 unspecified atom stereocenters. The van der Waals surface area contributed by atoms with Gasteiger partial charge < -0.3 is 0 Å². The highest BCUT2D eigenvalue weighted by molar-refractivity contribution is 5.57. The number of rotatable bonds is 7. The lowest BCUT2D eigenvalue weighted by molar-refractivity contribution is 0.439. The van der Waals surface area contributed by atoms with Gasteiger partial charge in [-0.05, 0) is 36.8 Å². The summed E-state index contributed by atoms with van der Waals surface area (Å²) in [6, 6.07) is 0.656. The van der Waals surface area contributed by atoms with Crippen LogP contribution in [0.1, 0.15) is 59.8 Å². The maximum atomic E-state index is 4.71. The molecule has 0 spiro atoms. The molecule has 88 valence electrons. The Hall–Kier alpha value is -0.330. The number of aliphatic imine (C=N–C) groups is 1. The molecule has 0 N–H and O–H groups in total. The van der Waals surface area contributed by atoms with E-state index in [2.05, 4.69) is 33.9 Å². The zero-order chi connectivity index (χ0) is 11.3. The largest absolute Gasteiger partial charge is 0.294 e. The van der Waals surface area contributed by atoms with Crippen molar-refractivity contribution < 1.29 is 0 Å². The fraction of sp³-hybridized carbons (Fsp3) is 0.929. The SMILES string of the molecule is CCCCC=NC1C([C@@H](C)CCC)[C@@H]1C. The molecule has 0 saturated heterocycles. The van der Waals surface area contributed by atoms with Gasteiger partial charge in [-0.1, -0.05) is 47.0 Å². The number of hydrogen-bond acceptors (Lipinski definition) is 1. The van der Waals surface area contributed by atoms with Gasteiger partial charge in [0.15, 0.2) is 0 Å². The van der Waals surface area contributed by atoms with Gasteiger partial charge in [0.1, 0.15) is 0 Å². The average Bonchev–Trinajstić information content (AvgIpc) is 2.85. The normalized spacial score (nSPS) is 32.1. The zero-order valence-corrected chi connectivity index (χ0v) is 10.9. The summed E-state index contributed by atoms with van der Waals surface area (Å²) in [4.78, 5) is 4.71. The predicted molar refractivity (Wildman–Crippen MR) is 68.5 cm³/mol. The van der Waals surface area contributed by atoms with Gasteiger partial charge in [-0.3, -0.25) is 4.99 Å². The fourth-order valence-electron chi connectivity index (χ4n) is 2.70. The minimum Gasteiger partial charge on any atom is -0.294 e. The predicted octanol–water partition coefficient (Wildman–Crippen LogP) is 4.32. The minimum absolute atomic E-state index is 0.656. The maximum absolute atomic E-state index is 4.71. The Balaban J connectivity index is 2.24. The molecule has 0 aromatic rings. The molecule has 15 heavy (non-hydrogen) atoms. The molecule has 0 aromatic heterocycles. The third-order valence-corrected chi connectivity index (χ3v) is 3.76. The van der Waals surface area contributed by atoms with E-state index in [1.54, 1.807) is 0 Å². The fourth-order valence-corrected chi connectivity index (χ4v) is 2.70. The van der Waals surface area contributed by atoms with Crippen LogP contribution in [0.3, 0.4) is 0 Å². The molecule has 0 aliphatic heterocycles. The van der Waals surface area contributed by atoms with Crippen molar-refractivity contribution in [3.05, 3.63) is 0 Å². The van der Waals surface area contributed by atoms with E-state index in [0.29, 0.717) is 6.04 Å². The van der Waals surface area contributed by atoms with Crippen molar-refractivity contribution in [3.8, 4) is 0 Å². The molecular formula is C14H27N. The van der Waals surface area contributed by atoms with Crippen molar-refractivity contribution in [2.75, 3.05) is 0 Å². The van der Waals surface area contributed by atoms with Gasteiger partial charge in [-0.15, -0.1) is 0 Å². The van der Waals surface area contributed by atoms with E-state index in [1.165, 1.54) is 32.1 Å². The van der Waals surface area contributed by atoms with Crippen LogP contribution < -0.4 is 0 Å². The summed E-state index contributed by atoms with van der Waals surface area (Å²) in [5.74, 6) is 2.59. The van der Waals surface area contributed by atoms with Crippen molar-refractivity contribution in [1.29, 1.82) is 0 Å². The second kappa shape index (κ2) is 6.30. The second-order valence-corrected chi connectivity index (χ2v) is 5.17. The Bertz CT molecular complexity index is 198. The molecule has 1 aliphatic rings. The number of unbranched alkanes of at least 4 members (excludes halogenated alkanes) is 2. The Morgan fingerprint density at radius 3 is 2.60 bits per heavy atom. The molecule has 4 atom stereocenters. The smallest absolute Gasteiger partial charge is 0.0558 e. The van der Waals surface area contributed by atoms with Crippen LogP contribution >= 0.6 is 0 Å². The van der Waals surface area contributed by atoms with Crippen LogP contribution in [0.5, 0.6) is 0 Å².